The summed E-state index contributed by atoms with van der Waals surface area (Å²) in [5.41, 5.74) is 3.88. The Kier molecular flexibility index (Phi) is 10.4. The van der Waals surface area contributed by atoms with Gasteiger partial charge in [0.05, 0.1) is 23.5 Å². The molecule has 0 fully saturated rings. The molecule has 3 heterocycles. The highest BCUT2D eigenvalue weighted by Gasteiger charge is 2.22. The predicted octanol–water partition coefficient (Wildman–Crippen LogP) is 1.96. The monoisotopic (exact) mass is 674 g/mol. The van der Waals surface area contributed by atoms with E-state index in [4.69, 9.17) is 0 Å². The quantitative estimate of drug-likeness (QED) is 0.0365. The SMILES string of the molecule is O=C(NCC(NC(=O)c1ccc(N/N=C/c2ccccc2S(=O)(=O)O)nc1)C(=O)O)c1ccc2c(cnn2CCCNc2ncc[nH]2)c1. The van der Waals surface area contributed by atoms with E-state index in [-0.39, 0.29) is 28.4 Å². The van der Waals surface area contributed by atoms with E-state index >= 15 is 0 Å². The van der Waals surface area contributed by atoms with Gasteiger partial charge < -0.3 is 26.0 Å². The Labute approximate surface area is 273 Å². The third-order valence-electron chi connectivity index (χ3n) is 6.92. The number of nitrogens with zero attached hydrogens (tertiary/aromatic N) is 5. The van der Waals surface area contributed by atoms with Crippen LogP contribution in [0, 0.1) is 0 Å². The number of anilines is 2. The van der Waals surface area contributed by atoms with Crippen molar-refractivity contribution in [2.75, 3.05) is 23.8 Å². The molecule has 5 aromatic rings. The Morgan fingerprint density at radius 3 is 2.56 bits per heavy atom. The summed E-state index contributed by atoms with van der Waals surface area (Å²) in [6, 6.07) is 12.0. The Morgan fingerprint density at radius 1 is 1.02 bits per heavy atom. The Bertz CT molecular complexity index is 2050. The number of carboxylic acids is 1. The fourth-order valence-electron chi connectivity index (χ4n) is 4.53. The number of hydrogen-bond acceptors (Lipinski definition) is 11. The van der Waals surface area contributed by atoms with Crippen molar-refractivity contribution >= 4 is 56.8 Å². The van der Waals surface area contributed by atoms with Gasteiger partial charge in [-0.15, -0.1) is 0 Å². The number of hydrazone groups is 1. The van der Waals surface area contributed by atoms with Crippen molar-refractivity contribution < 1.29 is 32.5 Å². The van der Waals surface area contributed by atoms with E-state index in [2.05, 4.69) is 46.5 Å². The zero-order valence-corrected chi connectivity index (χ0v) is 25.9. The summed E-state index contributed by atoms with van der Waals surface area (Å²) in [4.78, 5) is 48.3. The molecule has 0 radical (unpaired) electrons. The van der Waals surface area contributed by atoms with Gasteiger partial charge in [0, 0.05) is 54.7 Å². The van der Waals surface area contributed by atoms with Gasteiger partial charge in [0.25, 0.3) is 21.9 Å². The summed E-state index contributed by atoms with van der Waals surface area (Å²) in [5, 5.41) is 26.8. The van der Waals surface area contributed by atoms with Gasteiger partial charge in [0.2, 0.25) is 0 Å². The number of carbonyl (C=O) groups excluding carboxylic acids is 2. The van der Waals surface area contributed by atoms with Gasteiger partial charge in [0.15, 0.2) is 5.95 Å². The van der Waals surface area contributed by atoms with E-state index < -0.39 is 33.9 Å². The summed E-state index contributed by atoms with van der Waals surface area (Å²) < 4.78 is 34.2. The first-order valence-corrected chi connectivity index (χ1v) is 15.8. The van der Waals surface area contributed by atoms with Crippen molar-refractivity contribution in [2.24, 2.45) is 5.10 Å². The second-order valence-corrected chi connectivity index (χ2v) is 11.6. The van der Waals surface area contributed by atoms with Gasteiger partial charge in [-0.2, -0.15) is 18.6 Å². The van der Waals surface area contributed by atoms with Gasteiger partial charge in [0.1, 0.15) is 16.8 Å². The number of aryl methyl sites for hydroxylation is 1. The third-order valence-corrected chi connectivity index (χ3v) is 7.84. The predicted molar refractivity (Wildman–Crippen MR) is 174 cm³/mol. The molecule has 2 aromatic carbocycles. The number of aromatic amines is 1. The first-order chi connectivity index (χ1) is 23.1. The minimum absolute atomic E-state index is 0.0398. The number of rotatable bonds is 15. The van der Waals surface area contributed by atoms with Crippen molar-refractivity contribution in [3.8, 4) is 0 Å². The minimum atomic E-state index is -4.45. The van der Waals surface area contributed by atoms with Crippen molar-refractivity contribution in [1.82, 2.24) is 35.4 Å². The second-order valence-electron chi connectivity index (χ2n) is 10.2. The van der Waals surface area contributed by atoms with Crippen LogP contribution in [0.3, 0.4) is 0 Å². The first-order valence-electron chi connectivity index (χ1n) is 14.4. The van der Waals surface area contributed by atoms with Crippen LogP contribution in [0.15, 0.2) is 89.4 Å². The summed E-state index contributed by atoms with van der Waals surface area (Å²) >= 11 is 0. The molecule has 18 heteroatoms. The molecule has 0 aliphatic carbocycles. The number of H-pyrrole nitrogens is 1. The molecule has 0 spiro atoms. The van der Waals surface area contributed by atoms with Crippen LogP contribution in [0.4, 0.5) is 11.8 Å². The molecular weight excluding hydrogens is 644 g/mol. The number of fused-ring (bicyclic) bond motifs is 1. The standard InChI is InChI=1S/C30H30N10O7S/c41-27(19-6-8-24-22(14-19)17-37-40(24)13-3-10-31-30-32-11-12-33-30)35-18-23(29(43)44)38-28(42)21-7-9-26(34-15-21)39-36-16-20-4-1-2-5-25(20)48(45,46)47/h1-2,4-9,11-12,14-17,23H,3,10,13,18H2,(H,34,39)(H,35,41)(H,38,42)(H,43,44)(H2,31,32,33)(H,45,46,47)/b36-16+. The fraction of sp³-hybridized carbons (Fsp3) is 0.167. The number of aliphatic carboxylic acids is 1. The molecule has 7 N–H and O–H groups in total. The largest absolute Gasteiger partial charge is 0.480 e. The van der Waals surface area contributed by atoms with Crippen LogP contribution in [0.25, 0.3) is 10.9 Å². The second kappa shape index (κ2) is 15.0. The van der Waals surface area contributed by atoms with Crippen LogP contribution >= 0.6 is 0 Å². The van der Waals surface area contributed by atoms with E-state index in [0.717, 1.165) is 17.3 Å². The normalized spacial score (nSPS) is 12.1. The molecule has 2 amide bonds. The fourth-order valence-corrected chi connectivity index (χ4v) is 5.20. The topological polar surface area (TPSA) is 246 Å². The van der Waals surface area contributed by atoms with Gasteiger partial charge >= 0.3 is 5.97 Å². The van der Waals surface area contributed by atoms with Crippen LogP contribution in [0.1, 0.15) is 32.7 Å². The summed E-state index contributed by atoms with van der Waals surface area (Å²) in [5.74, 6) is -1.74. The van der Waals surface area contributed by atoms with E-state index in [1.165, 1.54) is 42.7 Å². The lowest BCUT2D eigenvalue weighted by Crippen LogP contribution is -2.48. The maximum Gasteiger partial charge on any atom is 0.328 e. The van der Waals surface area contributed by atoms with Gasteiger partial charge in [-0.25, -0.2) is 14.8 Å². The highest BCUT2D eigenvalue weighted by atomic mass is 32.2. The zero-order chi connectivity index (χ0) is 34.1. The number of hydrogen-bond donors (Lipinski definition) is 7. The molecule has 48 heavy (non-hydrogen) atoms. The van der Waals surface area contributed by atoms with E-state index in [0.29, 0.717) is 24.6 Å². The van der Waals surface area contributed by atoms with Gasteiger partial charge in [-0.05, 0) is 42.8 Å². The molecule has 0 saturated carbocycles. The lowest BCUT2D eigenvalue weighted by molar-refractivity contribution is -0.139. The summed E-state index contributed by atoms with van der Waals surface area (Å²) in [6.07, 6.45) is 8.18. The number of carbonyl (C=O) groups is 3. The van der Waals surface area contributed by atoms with E-state index in [9.17, 15) is 32.5 Å². The van der Waals surface area contributed by atoms with Crippen LogP contribution in [0.2, 0.25) is 0 Å². The number of benzene rings is 2. The number of carboxylic acid groups (broad SMARTS) is 1. The summed E-state index contributed by atoms with van der Waals surface area (Å²) in [7, 11) is -4.45. The lowest BCUT2D eigenvalue weighted by Gasteiger charge is -2.15. The maximum absolute atomic E-state index is 12.9. The molecule has 1 unspecified atom stereocenters. The Balaban J connectivity index is 1.12. The van der Waals surface area contributed by atoms with Crippen molar-refractivity contribution in [2.45, 2.75) is 23.9 Å². The molecule has 0 aliphatic rings. The first kappa shape index (κ1) is 33.2. The number of nitrogens with one attached hydrogen (secondary N) is 5. The zero-order valence-electron chi connectivity index (χ0n) is 25.1. The van der Waals surface area contributed by atoms with Gasteiger partial charge in [-0.1, -0.05) is 18.2 Å². The van der Waals surface area contributed by atoms with Gasteiger partial charge in [-0.3, -0.25) is 24.2 Å². The molecule has 0 aliphatic heterocycles. The average molecular weight is 675 g/mol. The third kappa shape index (κ3) is 8.56. The van der Waals surface area contributed by atoms with Crippen LogP contribution in [-0.4, -0.2) is 85.9 Å². The van der Waals surface area contributed by atoms with Crippen LogP contribution in [0.5, 0.6) is 0 Å². The lowest BCUT2D eigenvalue weighted by atomic mass is 10.1. The molecule has 17 nitrogen and oxygen atoms in total. The number of imidazole rings is 1. The number of pyridine rings is 1. The molecular formula is C30H30N10O7S. The molecule has 0 bridgehead atoms. The number of amides is 2. The van der Waals surface area contributed by atoms with E-state index in [1.807, 2.05) is 4.68 Å². The molecule has 5 rings (SSSR count). The molecule has 1 atom stereocenters. The van der Waals surface area contributed by atoms with Crippen molar-refractivity contribution in [3.05, 3.63) is 96.1 Å². The Morgan fingerprint density at radius 2 is 1.83 bits per heavy atom. The average Bonchev–Trinajstić information content (AvgIpc) is 3.74. The maximum atomic E-state index is 12.9. The highest BCUT2D eigenvalue weighted by Crippen LogP contribution is 2.17. The van der Waals surface area contributed by atoms with Crippen LogP contribution in [-0.2, 0) is 21.5 Å². The van der Waals surface area contributed by atoms with E-state index in [1.54, 1.807) is 42.9 Å². The molecule has 3 aromatic heterocycles. The van der Waals surface area contributed by atoms with Crippen molar-refractivity contribution in [3.63, 3.8) is 0 Å². The Hall–Kier alpha value is -6.14. The minimum Gasteiger partial charge on any atom is -0.480 e. The molecule has 248 valence electrons. The smallest absolute Gasteiger partial charge is 0.328 e. The summed E-state index contributed by atoms with van der Waals surface area (Å²) in [6.45, 7) is 0.942. The molecule has 0 saturated heterocycles. The van der Waals surface area contributed by atoms with Crippen LogP contribution < -0.4 is 21.4 Å². The highest BCUT2D eigenvalue weighted by molar-refractivity contribution is 7.86. The number of aromatic nitrogens is 5. The van der Waals surface area contributed by atoms with Crippen molar-refractivity contribution in [1.29, 1.82) is 0 Å².